The molecule has 2 N–H and O–H groups in total. The van der Waals surface area contributed by atoms with Gasteiger partial charge in [0, 0.05) is 6.42 Å². The summed E-state index contributed by atoms with van der Waals surface area (Å²) in [6.07, 6.45) is 52.4. The molecule has 356 valence electrons. The summed E-state index contributed by atoms with van der Waals surface area (Å²) in [6, 6.07) is -0.898. The summed E-state index contributed by atoms with van der Waals surface area (Å²) >= 11 is 0. The van der Waals surface area contributed by atoms with Crippen molar-refractivity contribution < 1.29 is 32.9 Å². The molecule has 0 aliphatic carbocycles. The zero-order chi connectivity index (χ0) is 44.3. The van der Waals surface area contributed by atoms with Gasteiger partial charge in [0.25, 0.3) is 7.82 Å². The van der Waals surface area contributed by atoms with Crippen molar-refractivity contribution in [3.05, 3.63) is 24.3 Å². The monoisotopic (exact) mass is 869 g/mol. The Morgan fingerprint density at radius 2 is 0.933 bits per heavy atom. The van der Waals surface area contributed by atoms with Gasteiger partial charge in [0.15, 0.2) is 0 Å². The van der Waals surface area contributed by atoms with Crippen molar-refractivity contribution in [2.75, 3.05) is 40.9 Å². The summed E-state index contributed by atoms with van der Waals surface area (Å²) in [5.41, 5.74) is 0. The predicted molar refractivity (Wildman–Crippen MR) is 256 cm³/mol. The van der Waals surface area contributed by atoms with Gasteiger partial charge in [-0.15, -0.1) is 0 Å². The van der Waals surface area contributed by atoms with Crippen molar-refractivity contribution in [2.45, 2.75) is 257 Å². The fourth-order valence-corrected chi connectivity index (χ4v) is 8.30. The summed E-state index contributed by atoms with van der Waals surface area (Å²) in [5.74, 6) is -0.203. The van der Waals surface area contributed by atoms with Crippen LogP contribution in [-0.4, -0.2) is 68.5 Å². The first-order valence-electron chi connectivity index (χ1n) is 25.7. The number of hydrogen-bond donors (Lipinski definition) is 2. The molecule has 0 saturated carbocycles. The Morgan fingerprint density at radius 3 is 1.35 bits per heavy atom. The molecule has 3 atom stereocenters. The van der Waals surface area contributed by atoms with Gasteiger partial charge in [-0.05, 0) is 32.1 Å². The number of aliphatic hydroxyl groups excluding tert-OH is 1. The molecule has 0 saturated heterocycles. The molecule has 0 aromatic carbocycles. The van der Waals surface area contributed by atoms with E-state index >= 15 is 0 Å². The molecule has 8 nitrogen and oxygen atoms in total. The van der Waals surface area contributed by atoms with E-state index in [2.05, 4.69) is 31.3 Å². The third-order valence-electron chi connectivity index (χ3n) is 11.7. The summed E-state index contributed by atoms with van der Waals surface area (Å²) in [6.45, 7) is 4.65. The van der Waals surface area contributed by atoms with E-state index in [1.54, 1.807) is 6.08 Å². The lowest BCUT2D eigenvalue weighted by Crippen LogP contribution is -2.45. The molecule has 0 fully saturated rings. The second-order valence-corrected chi connectivity index (χ2v) is 20.3. The number of phosphoric ester groups is 1. The Labute approximate surface area is 373 Å². The van der Waals surface area contributed by atoms with Gasteiger partial charge in [-0.3, -0.25) is 9.36 Å². The predicted octanol–water partition coefficient (Wildman–Crippen LogP) is 14.2. The molecule has 0 aromatic heterocycles. The standard InChI is InChI=1S/C51H101N2O6P/c1-6-8-10-12-14-16-18-20-22-24-25-26-27-28-29-31-33-35-37-39-41-43-45-51(55)52-49(48-59-60(56,57)58-47-46-53(3,4)5)50(54)44-42-40-38-36-34-32-30-23-21-19-17-15-13-11-9-7-2/h34,36,42,44,49-50,54H,6-33,35,37-41,43,45-48H2,1-5H3,(H-,52,55,56,57)/b36-34+,44-42+. The average Bonchev–Trinajstić information content (AvgIpc) is 3.20. The van der Waals surface area contributed by atoms with Crippen LogP contribution >= 0.6 is 7.82 Å². The Morgan fingerprint density at radius 1 is 0.567 bits per heavy atom. The number of amides is 1. The second kappa shape index (κ2) is 43.2. The van der Waals surface area contributed by atoms with Crippen molar-refractivity contribution >= 4 is 13.7 Å². The van der Waals surface area contributed by atoms with Gasteiger partial charge < -0.3 is 28.8 Å². The number of nitrogens with zero attached hydrogens (tertiary/aromatic N) is 1. The summed E-state index contributed by atoms with van der Waals surface area (Å²) in [5, 5.41) is 13.8. The van der Waals surface area contributed by atoms with Crippen molar-refractivity contribution in [1.29, 1.82) is 0 Å². The number of quaternary nitrogens is 1. The van der Waals surface area contributed by atoms with Gasteiger partial charge in [-0.25, -0.2) is 0 Å². The molecule has 0 aromatic rings. The Hall–Kier alpha value is -1.02. The number of allylic oxidation sites excluding steroid dienone is 3. The van der Waals surface area contributed by atoms with E-state index in [0.29, 0.717) is 17.4 Å². The van der Waals surface area contributed by atoms with Crippen LogP contribution < -0.4 is 10.2 Å². The van der Waals surface area contributed by atoms with Crippen LogP contribution in [0.2, 0.25) is 0 Å². The van der Waals surface area contributed by atoms with Crippen LogP contribution in [0, 0.1) is 0 Å². The molecule has 0 aliphatic heterocycles. The number of aliphatic hydroxyl groups is 1. The minimum absolute atomic E-state index is 0.00399. The van der Waals surface area contributed by atoms with Crippen LogP contribution in [0.1, 0.15) is 245 Å². The van der Waals surface area contributed by atoms with Gasteiger partial charge in [-0.1, -0.05) is 231 Å². The number of rotatable bonds is 47. The molecule has 60 heavy (non-hydrogen) atoms. The third-order valence-corrected chi connectivity index (χ3v) is 12.6. The van der Waals surface area contributed by atoms with E-state index in [1.165, 1.54) is 186 Å². The first kappa shape index (κ1) is 59.0. The summed E-state index contributed by atoms with van der Waals surface area (Å²) in [4.78, 5) is 25.4. The molecule has 0 rings (SSSR count). The minimum atomic E-state index is -4.60. The maximum Gasteiger partial charge on any atom is 0.268 e. The average molecular weight is 869 g/mol. The quantitative estimate of drug-likeness (QED) is 0.0273. The number of likely N-dealkylation sites (N-methyl/N-ethyl adjacent to an activating group) is 1. The van der Waals surface area contributed by atoms with Crippen molar-refractivity contribution in [1.82, 2.24) is 5.32 Å². The van der Waals surface area contributed by atoms with Gasteiger partial charge >= 0.3 is 0 Å². The lowest BCUT2D eigenvalue weighted by molar-refractivity contribution is -0.870. The molecule has 0 heterocycles. The van der Waals surface area contributed by atoms with E-state index in [1.807, 2.05) is 27.2 Å². The van der Waals surface area contributed by atoms with Crippen molar-refractivity contribution in [2.24, 2.45) is 0 Å². The number of unbranched alkanes of at least 4 members (excludes halogenated alkanes) is 32. The van der Waals surface area contributed by atoms with E-state index in [0.717, 1.165) is 38.5 Å². The van der Waals surface area contributed by atoms with Crippen LogP contribution in [0.3, 0.4) is 0 Å². The molecule has 0 aliphatic rings. The first-order chi connectivity index (χ1) is 29.0. The zero-order valence-corrected chi connectivity index (χ0v) is 41.3. The largest absolute Gasteiger partial charge is 0.756 e. The molecular weight excluding hydrogens is 768 g/mol. The fourth-order valence-electron chi connectivity index (χ4n) is 7.58. The number of nitrogens with one attached hydrogen (secondary N) is 1. The number of phosphoric acid groups is 1. The van der Waals surface area contributed by atoms with Crippen LogP contribution in [0.15, 0.2) is 24.3 Å². The number of hydrogen-bond acceptors (Lipinski definition) is 6. The molecule has 0 radical (unpaired) electrons. The highest BCUT2D eigenvalue weighted by molar-refractivity contribution is 7.45. The van der Waals surface area contributed by atoms with E-state index in [4.69, 9.17) is 9.05 Å². The van der Waals surface area contributed by atoms with Gasteiger partial charge in [0.1, 0.15) is 13.2 Å². The zero-order valence-electron chi connectivity index (χ0n) is 40.4. The first-order valence-corrected chi connectivity index (χ1v) is 27.2. The van der Waals surface area contributed by atoms with Crippen LogP contribution in [0.5, 0.6) is 0 Å². The molecule has 1 amide bonds. The highest BCUT2D eigenvalue weighted by Crippen LogP contribution is 2.38. The molecular formula is C51H101N2O6P. The highest BCUT2D eigenvalue weighted by Gasteiger charge is 2.23. The number of carbonyl (C=O) groups is 1. The van der Waals surface area contributed by atoms with Crippen molar-refractivity contribution in [3.63, 3.8) is 0 Å². The van der Waals surface area contributed by atoms with Crippen LogP contribution in [-0.2, 0) is 18.4 Å². The smallest absolute Gasteiger partial charge is 0.268 e. The fraction of sp³-hybridized carbons (Fsp3) is 0.902. The van der Waals surface area contributed by atoms with E-state index in [9.17, 15) is 19.4 Å². The van der Waals surface area contributed by atoms with E-state index < -0.39 is 20.0 Å². The topological polar surface area (TPSA) is 108 Å². The normalized spacial score (nSPS) is 14.3. The summed E-state index contributed by atoms with van der Waals surface area (Å²) in [7, 11) is 1.25. The molecule has 9 heteroatoms. The highest BCUT2D eigenvalue weighted by atomic mass is 31.2. The Kier molecular flexibility index (Phi) is 42.5. The maximum atomic E-state index is 12.9. The maximum absolute atomic E-state index is 12.9. The van der Waals surface area contributed by atoms with Crippen molar-refractivity contribution in [3.8, 4) is 0 Å². The SMILES string of the molecule is CCCCCCCCCCCC/C=C/CC/C=C/C(O)C(COP(=O)([O-])OCC[N+](C)(C)C)NC(=O)CCCCCCCCCCCCCCCCCCCCCCCC. The second-order valence-electron chi connectivity index (χ2n) is 18.9. The Bertz CT molecular complexity index is 1030. The number of carbonyl (C=O) groups excluding carboxylic acids is 1. The Balaban J connectivity index is 4.28. The van der Waals surface area contributed by atoms with Crippen LogP contribution in [0.4, 0.5) is 0 Å². The summed E-state index contributed by atoms with van der Waals surface area (Å²) < 4.78 is 23.3. The lowest BCUT2D eigenvalue weighted by Gasteiger charge is -2.29. The third kappa shape index (κ3) is 45.0. The van der Waals surface area contributed by atoms with E-state index in [-0.39, 0.29) is 19.1 Å². The molecule has 0 spiro atoms. The van der Waals surface area contributed by atoms with Gasteiger partial charge in [0.2, 0.25) is 5.91 Å². The van der Waals surface area contributed by atoms with Gasteiger partial charge in [0.05, 0.1) is 39.9 Å². The molecule has 3 unspecified atom stereocenters. The van der Waals surface area contributed by atoms with Gasteiger partial charge in [-0.2, -0.15) is 0 Å². The lowest BCUT2D eigenvalue weighted by atomic mass is 10.0. The molecule has 0 bridgehead atoms. The minimum Gasteiger partial charge on any atom is -0.756 e. The van der Waals surface area contributed by atoms with Crippen LogP contribution in [0.25, 0.3) is 0 Å².